The van der Waals surface area contributed by atoms with Crippen LogP contribution in [0, 0.1) is 0 Å². The summed E-state index contributed by atoms with van der Waals surface area (Å²) in [5.41, 5.74) is 0.181. The number of carbonyl (C=O) groups excluding carboxylic acids is 4. The van der Waals surface area contributed by atoms with Gasteiger partial charge in [-0.3, -0.25) is 19.3 Å². The number of ether oxygens (including phenoxy) is 1. The van der Waals surface area contributed by atoms with Crippen molar-refractivity contribution in [3.63, 3.8) is 0 Å². The molecule has 0 aromatic heterocycles. The third kappa shape index (κ3) is 3.16. The van der Waals surface area contributed by atoms with Gasteiger partial charge in [0.05, 0.1) is 21.2 Å². The lowest BCUT2D eigenvalue weighted by Crippen LogP contribution is -2.45. The number of hydrogen-bond acceptors (Lipinski definition) is 5. The fourth-order valence-electron chi connectivity index (χ4n) is 3.02. The molecule has 0 saturated heterocycles. The molecule has 2 amide bonds. The topological polar surface area (TPSA) is 80.8 Å². The number of esters is 1. The first-order valence-electron chi connectivity index (χ1n) is 7.91. The lowest BCUT2D eigenvalue weighted by Gasteiger charge is -2.25. The van der Waals surface area contributed by atoms with E-state index < -0.39 is 29.9 Å². The molecule has 0 radical (unpaired) electrons. The highest BCUT2D eigenvalue weighted by molar-refractivity contribution is 6.43. The molecule has 0 N–H and O–H groups in total. The summed E-state index contributed by atoms with van der Waals surface area (Å²) in [6, 6.07) is 1.46. The van der Waals surface area contributed by atoms with E-state index in [2.05, 4.69) is 0 Å². The van der Waals surface area contributed by atoms with Crippen LogP contribution in [0.15, 0.2) is 12.1 Å². The van der Waals surface area contributed by atoms with Crippen molar-refractivity contribution < 1.29 is 23.9 Å². The molecule has 1 fully saturated rings. The Kier molecular flexibility index (Phi) is 4.84. The molecule has 1 aliphatic carbocycles. The molecule has 8 heteroatoms. The summed E-state index contributed by atoms with van der Waals surface area (Å²) >= 11 is 11.8. The van der Waals surface area contributed by atoms with Gasteiger partial charge in [0.2, 0.25) is 0 Å². The van der Waals surface area contributed by atoms with Gasteiger partial charge in [-0.2, -0.15) is 0 Å². The lowest BCUT2D eigenvalue weighted by molar-refractivity contribution is -0.159. The van der Waals surface area contributed by atoms with E-state index in [0.29, 0.717) is 12.8 Å². The monoisotopic (exact) mass is 383 g/mol. The number of benzene rings is 1. The van der Waals surface area contributed by atoms with Crippen molar-refractivity contribution in [1.82, 2.24) is 4.90 Å². The van der Waals surface area contributed by atoms with Crippen molar-refractivity contribution in [3.8, 4) is 0 Å². The van der Waals surface area contributed by atoms with E-state index in [4.69, 9.17) is 27.9 Å². The molecule has 2 atom stereocenters. The molecular weight excluding hydrogens is 369 g/mol. The fourth-order valence-corrected chi connectivity index (χ4v) is 3.35. The Bertz CT molecular complexity index is 750. The number of fused-ring (bicyclic) bond motifs is 1. The predicted octanol–water partition coefficient (Wildman–Crippen LogP) is 3.03. The van der Waals surface area contributed by atoms with Crippen molar-refractivity contribution in [2.75, 3.05) is 0 Å². The second-order valence-corrected chi connectivity index (χ2v) is 6.92. The molecule has 0 bridgehead atoms. The number of amides is 2. The minimum absolute atomic E-state index is 0.0905. The first-order valence-corrected chi connectivity index (χ1v) is 8.67. The number of imide groups is 1. The number of ketones is 1. The van der Waals surface area contributed by atoms with E-state index in [1.807, 2.05) is 0 Å². The summed E-state index contributed by atoms with van der Waals surface area (Å²) in [5, 5.41) is 0.290. The molecule has 0 spiro atoms. The van der Waals surface area contributed by atoms with Gasteiger partial charge in [-0.15, -0.1) is 0 Å². The van der Waals surface area contributed by atoms with Crippen LogP contribution in [0.5, 0.6) is 0 Å². The second-order valence-electron chi connectivity index (χ2n) is 6.11. The van der Waals surface area contributed by atoms with Gasteiger partial charge >= 0.3 is 5.97 Å². The van der Waals surface area contributed by atoms with Crippen LogP contribution in [-0.4, -0.2) is 40.6 Å². The van der Waals surface area contributed by atoms with Crippen LogP contribution in [0.4, 0.5) is 0 Å². The zero-order chi connectivity index (χ0) is 18.3. The van der Waals surface area contributed by atoms with Gasteiger partial charge < -0.3 is 4.74 Å². The third-order valence-electron chi connectivity index (χ3n) is 4.44. The molecule has 6 nitrogen and oxygen atoms in total. The van der Waals surface area contributed by atoms with Crippen molar-refractivity contribution in [1.29, 1.82) is 0 Å². The zero-order valence-electron chi connectivity index (χ0n) is 13.4. The van der Waals surface area contributed by atoms with E-state index in [0.717, 1.165) is 17.7 Å². The van der Waals surface area contributed by atoms with Gasteiger partial charge in [-0.05, 0) is 38.3 Å². The number of Topliss-reactive ketones (excluding diaryl/α,β-unsaturated/α-hetero) is 1. The van der Waals surface area contributed by atoms with Crippen LogP contribution < -0.4 is 0 Å². The Hall–Kier alpha value is -1.92. The summed E-state index contributed by atoms with van der Waals surface area (Å²) < 4.78 is 5.23. The van der Waals surface area contributed by atoms with Crippen molar-refractivity contribution in [2.24, 2.45) is 0 Å². The maximum absolute atomic E-state index is 12.5. The maximum atomic E-state index is 12.5. The van der Waals surface area contributed by atoms with Crippen molar-refractivity contribution in [2.45, 2.75) is 44.8 Å². The Morgan fingerprint density at radius 1 is 1.12 bits per heavy atom. The Morgan fingerprint density at radius 2 is 1.68 bits per heavy atom. The lowest BCUT2D eigenvalue weighted by atomic mass is 9.96. The number of halogens is 2. The molecule has 25 heavy (non-hydrogen) atoms. The van der Waals surface area contributed by atoms with Crippen LogP contribution in [0.2, 0.25) is 10.0 Å². The smallest absolute Gasteiger partial charge is 0.329 e. The van der Waals surface area contributed by atoms with Crippen LogP contribution >= 0.6 is 23.2 Å². The fraction of sp³-hybridized carbons (Fsp3) is 0.412. The van der Waals surface area contributed by atoms with E-state index in [1.54, 1.807) is 0 Å². The average Bonchev–Trinajstić information content (AvgIpc) is 2.80. The van der Waals surface area contributed by atoms with E-state index >= 15 is 0 Å². The van der Waals surface area contributed by atoms with Gasteiger partial charge in [0.25, 0.3) is 11.8 Å². The Morgan fingerprint density at radius 3 is 2.20 bits per heavy atom. The van der Waals surface area contributed by atoms with Crippen LogP contribution in [-0.2, 0) is 14.3 Å². The Balaban J connectivity index is 1.79. The maximum Gasteiger partial charge on any atom is 0.329 e. The number of hydrogen-bond donors (Lipinski definition) is 0. The number of nitrogens with zero attached hydrogens (tertiary/aromatic N) is 1. The van der Waals surface area contributed by atoms with Crippen molar-refractivity contribution >= 4 is 46.8 Å². The molecule has 1 aromatic carbocycles. The highest BCUT2D eigenvalue weighted by Crippen LogP contribution is 2.32. The standard InChI is InChI=1S/C17H15Cl2NO5/c1-8(17(24)25-14-5-3-2-4-13(14)21)20-15(22)9-6-11(18)12(19)7-10(9)16(20)23/h6-8,14H,2-5H2,1H3/t8-,14+/m0/s1. The molecule has 1 aliphatic heterocycles. The van der Waals surface area contributed by atoms with Gasteiger partial charge in [0.15, 0.2) is 11.9 Å². The SMILES string of the molecule is C[C@@H](C(=O)O[C@@H]1CCCCC1=O)N1C(=O)c2cc(Cl)c(Cl)cc2C1=O. The molecule has 2 aliphatic rings. The highest BCUT2D eigenvalue weighted by Gasteiger charge is 2.43. The van der Waals surface area contributed by atoms with E-state index in [1.165, 1.54) is 19.1 Å². The quantitative estimate of drug-likeness (QED) is 0.591. The summed E-state index contributed by atoms with van der Waals surface area (Å²) in [5.74, 6) is -2.20. The second kappa shape index (κ2) is 6.77. The minimum atomic E-state index is -1.15. The molecule has 1 saturated carbocycles. The molecular formula is C17H15Cl2NO5. The van der Waals surface area contributed by atoms with Gasteiger partial charge in [0, 0.05) is 6.42 Å². The summed E-state index contributed by atoms with van der Waals surface area (Å²) in [7, 11) is 0. The summed E-state index contributed by atoms with van der Waals surface area (Å²) in [6.07, 6.45) is 1.61. The third-order valence-corrected chi connectivity index (χ3v) is 5.17. The molecule has 1 aromatic rings. The van der Waals surface area contributed by atoms with Crippen molar-refractivity contribution in [3.05, 3.63) is 33.3 Å². The summed E-state index contributed by atoms with van der Waals surface area (Å²) in [4.78, 5) is 50.0. The summed E-state index contributed by atoms with van der Waals surface area (Å²) in [6.45, 7) is 1.39. The van der Waals surface area contributed by atoms with E-state index in [-0.39, 0.29) is 27.0 Å². The zero-order valence-corrected chi connectivity index (χ0v) is 14.9. The largest absolute Gasteiger partial charge is 0.453 e. The average molecular weight is 384 g/mol. The normalized spacial score (nSPS) is 21.3. The minimum Gasteiger partial charge on any atom is -0.453 e. The number of carbonyl (C=O) groups is 4. The first-order chi connectivity index (χ1) is 11.8. The van der Waals surface area contributed by atoms with Crippen LogP contribution in [0.3, 0.4) is 0 Å². The Labute approximate surface area is 154 Å². The first kappa shape index (κ1) is 17.9. The van der Waals surface area contributed by atoms with Gasteiger partial charge in [-0.25, -0.2) is 4.79 Å². The molecule has 132 valence electrons. The predicted molar refractivity (Wildman–Crippen MR) is 89.8 cm³/mol. The number of rotatable bonds is 3. The van der Waals surface area contributed by atoms with Gasteiger partial charge in [-0.1, -0.05) is 23.2 Å². The van der Waals surface area contributed by atoms with E-state index in [9.17, 15) is 19.2 Å². The molecule has 3 rings (SSSR count). The van der Waals surface area contributed by atoms with Crippen LogP contribution in [0.25, 0.3) is 0 Å². The molecule has 1 heterocycles. The molecule has 0 unspecified atom stereocenters. The van der Waals surface area contributed by atoms with Crippen LogP contribution in [0.1, 0.15) is 53.3 Å². The highest BCUT2D eigenvalue weighted by atomic mass is 35.5. The van der Waals surface area contributed by atoms with Gasteiger partial charge in [0.1, 0.15) is 6.04 Å².